The molecule has 12 heavy (non-hydrogen) atoms. The van der Waals surface area contributed by atoms with Crippen molar-refractivity contribution in [2.75, 3.05) is 5.43 Å². The maximum absolute atomic E-state index is 5.13. The summed E-state index contributed by atoms with van der Waals surface area (Å²) in [5.41, 5.74) is 3.55. The summed E-state index contributed by atoms with van der Waals surface area (Å²) in [7, 11) is 1.90. The van der Waals surface area contributed by atoms with Gasteiger partial charge in [-0.1, -0.05) is 0 Å². The fourth-order valence-electron chi connectivity index (χ4n) is 0.629. The monoisotopic (exact) mass is 234 g/mol. The minimum absolute atomic E-state index is 0. The van der Waals surface area contributed by atoms with Gasteiger partial charge >= 0.3 is 0 Å². The quantitative estimate of drug-likeness (QED) is 0.569. The molecular formula is C5H13Cl3N4. The van der Waals surface area contributed by atoms with E-state index >= 15 is 0 Å². The maximum atomic E-state index is 5.13. The molecule has 0 radical (unpaired) electrons. The Morgan fingerprint density at radius 2 is 1.92 bits per heavy atom. The summed E-state index contributed by atoms with van der Waals surface area (Å²) >= 11 is 0. The van der Waals surface area contributed by atoms with Gasteiger partial charge in [0.15, 0.2) is 0 Å². The van der Waals surface area contributed by atoms with Crippen molar-refractivity contribution in [3.8, 4) is 0 Å². The van der Waals surface area contributed by atoms with E-state index in [-0.39, 0.29) is 37.2 Å². The fourth-order valence-corrected chi connectivity index (χ4v) is 0.629. The third-order valence-electron chi connectivity index (χ3n) is 1.35. The summed E-state index contributed by atoms with van der Waals surface area (Å²) in [6.45, 7) is 1.97. The SMILES string of the molecule is Cc1cnc(NN)n1C.Cl.Cl.Cl. The minimum atomic E-state index is 0. The Balaban J connectivity index is -0.000000270. The molecule has 0 aromatic carbocycles. The summed E-state index contributed by atoms with van der Waals surface area (Å²) in [5.74, 6) is 5.82. The number of imidazole rings is 1. The molecule has 0 aliphatic carbocycles. The number of aromatic nitrogens is 2. The number of nitrogens with two attached hydrogens (primary N) is 1. The second kappa shape index (κ2) is 7.49. The topological polar surface area (TPSA) is 55.9 Å². The van der Waals surface area contributed by atoms with Gasteiger partial charge in [0.25, 0.3) is 0 Å². The lowest BCUT2D eigenvalue weighted by atomic mass is 10.5. The smallest absolute Gasteiger partial charge is 0.217 e. The van der Waals surface area contributed by atoms with E-state index in [2.05, 4.69) is 10.4 Å². The van der Waals surface area contributed by atoms with Gasteiger partial charge in [0.2, 0.25) is 5.95 Å². The summed E-state index contributed by atoms with van der Waals surface area (Å²) in [6, 6.07) is 0. The number of anilines is 1. The van der Waals surface area contributed by atoms with Gasteiger partial charge in [-0.05, 0) is 6.92 Å². The van der Waals surface area contributed by atoms with Crippen LogP contribution in [0.2, 0.25) is 0 Å². The third kappa shape index (κ3) is 3.49. The Labute approximate surface area is 90.1 Å². The number of hydrazine groups is 1. The molecule has 0 amide bonds. The predicted octanol–water partition coefficient (Wildman–Crippen LogP) is 1.28. The highest BCUT2D eigenvalue weighted by molar-refractivity contribution is 5.86. The van der Waals surface area contributed by atoms with E-state index in [1.165, 1.54) is 0 Å². The van der Waals surface area contributed by atoms with Crippen molar-refractivity contribution < 1.29 is 0 Å². The van der Waals surface area contributed by atoms with Crippen molar-refractivity contribution in [1.82, 2.24) is 9.55 Å². The van der Waals surface area contributed by atoms with Crippen molar-refractivity contribution in [3.63, 3.8) is 0 Å². The van der Waals surface area contributed by atoms with Crippen LogP contribution in [-0.4, -0.2) is 9.55 Å². The molecule has 7 heteroatoms. The Kier molecular flexibility index (Phi) is 11.1. The molecule has 1 aromatic rings. The van der Waals surface area contributed by atoms with Crippen molar-refractivity contribution in [2.45, 2.75) is 6.92 Å². The highest BCUT2D eigenvalue weighted by atomic mass is 35.5. The van der Waals surface area contributed by atoms with Crippen LogP contribution >= 0.6 is 37.2 Å². The first kappa shape index (κ1) is 17.8. The second-order valence-electron chi connectivity index (χ2n) is 1.93. The Hall–Kier alpha value is -0.160. The minimum Gasteiger partial charge on any atom is -0.317 e. The van der Waals surface area contributed by atoms with E-state index in [0.717, 1.165) is 5.69 Å². The largest absolute Gasteiger partial charge is 0.317 e. The van der Waals surface area contributed by atoms with Gasteiger partial charge < -0.3 is 4.57 Å². The molecule has 0 spiro atoms. The third-order valence-corrected chi connectivity index (χ3v) is 1.35. The molecule has 0 aliphatic rings. The number of halogens is 3. The number of hydrogen-bond acceptors (Lipinski definition) is 3. The van der Waals surface area contributed by atoms with Gasteiger partial charge in [0.05, 0.1) is 6.20 Å². The number of hydrogen-bond donors (Lipinski definition) is 2. The number of rotatable bonds is 1. The highest BCUT2D eigenvalue weighted by Gasteiger charge is 1.97. The van der Waals surface area contributed by atoms with Crippen LogP contribution in [0.15, 0.2) is 6.20 Å². The van der Waals surface area contributed by atoms with Crippen LogP contribution < -0.4 is 11.3 Å². The van der Waals surface area contributed by atoms with Crippen molar-refractivity contribution in [1.29, 1.82) is 0 Å². The Morgan fingerprint density at radius 3 is 2.08 bits per heavy atom. The number of aryl methyl sites for hydroxylation is 1. The molecule has 0 saturated heterocycles. The zero-order valence-corrected chi connectivity index (χ0v) is 9.22. The Morgan fingerprint density at radius 1 is 1.42 bits per heavy atom. The van der Waals surface area contributed by atoms with E-state index < -0.39 is 0 Å². The van der Waals surface area contributed by atoms with Crippen LogP contribution in [0, 0.1) is 6.92 Å². The lowest BCUT2D eigenvalue weighted by Gasteiger charge is -1.98. The molecule has 3 N–H and O–H groups in total. The van der Waals surface area contributed by atoms with Crippen LogP contribution in [0.1, 0.15) is 5.69 Å². The molecule has 0 saturated carbocycles. The first-order valence-electron chi connectivity index (χ1n) is 2.70. The van der Waals surface area contributed by atoms with Gasteiger partial charge in [-0.25, -0.2) is 10.8 Å². The number of nitrogens with one attached hydrogen (secondary N) is 1. The molecule has 0 fully saturated rings. The maximum Gasteiger partial charge on any atom is 0.217 e. The first-order chi connectivity index (χ1) is 4.25. The van der Waals surface area contributed by atoms with Crippen LogP contribution in [0.25, 0.3) is 0 Å². The van der Waals surface area contributed by atoms with E-state index in [1.54, 1.807) is 6.20 Å². The summed E-state index contributed by atoms with van der Waals surface area (Å²) < 4.78 is 1.88. The molecule has 1 rings (SSSR count). The highest BCUT2D eigenvalue weighted by Crippen LogP contribution is 2.03. The molecule has 74 valence electrons. The van der Waals surface area contributed by atoms with Crippen LogP contribution in [0.4, 0.5) is 5.95 Å². The average Bonchev–Trinajstić information content (AvgIpc) is 2.15. The van der Waals surface area contributed by atoms with Gasteiger partial charge in [-0.15, -0.1) is 37.2 Å². The molecule has 0 atom stereocenters. The average molecular weight is 236 g/mol. The van der Waals surface area contributed by atoms with Crippen LogP contribution in [0.3, 0.4) is 0 Å². The van der Waals surface area contributed by atoms with Crippen LogP contribution in [-0.2, 0) is 7.05 Å². The van der Waals surface area contributed by atoms with E-state index in [1.807, 2.05) is 18.5 Å². The van der Waals surface area contributed by atoms with Gasteiger partial charge in [0, 0.05) is 12.7 Å². The van der Waals surface area contributed by atoms with E-state index in [4.69, 9.17) is 5.84 Å². The number of nitrogens with zero attached hydrogens (tertiary/aromatic N) is 2. The molecule has 1 heterocycles. The van der Waals surface area contributed by atoms with Gasteiger partial charge in [-0.3, -0.25) is 5.43 Å². The predicted molar refractivity (Wildman–Crippen MR) is 57.5 cm³/mol. The van der Waals surface area contributed by atoms with Crippen LogP contribution in [0.5, 0.6) is 0 Å². The summed E-state index contributed by atoms with van der Waals surface area (Å²) in [4.78, 5) is 3.96. The van der Waals surface area contributed by atoms with Crippen molar-refractivity contribution in [2.24, 2.45) is 12.9 Å². The van der Waals surface area contributed by atoms with Gasteiger partial charge in [0.1, 0.15) is 0 Å². The molecular weight excluding hydrogens is 222 g/mol. The first-order valence-corrected chi connectivity index (χ1v) is 2.70. The van der Waals surface area contributed by atoms with E-state index in [0.29, 0.717) is 5.95 Å². The summed E-state index contributed by atoms with van der Waals surface area (Å²) in [5, 5.41) is 0. The second-order valence-corrected chi connectivity index (χ2v) is 1.93. The molecule has 4 nitrogen and oxygen atoms in total. The summed E-state index contributed by atoms with van der Waals surface area (Å²) in [6.07, 6.45) is 1.76. The number of nitrogen functional groups attached to an aromatic ring is 1. The van der Waals surface area contributed by atoms with E-state index in [9.17, 15) is 0 Å². The molecule has 0 aliphatic heterocycles. The lowest BCUT2D eigenvalue weighted by Crippen LogP contribution is -2.11. The molecule has 1 aromatic heterocycles. The molecule has 0 bridgehead atoms. The zero-order valence-electron chi connectivity index (χ0n) is 6.77. The fraction of sp³-hybridized carbons (Fsp3) is 0.400. The Bertz CT molecular complexity index is 212. The zero-order chi connectivity index (χ0) is 6.85. The normalized spacial score (nSPS) is 7.25. The lowest BCUT2D eigenvalue weighted by molar-refractivity contribution is 0.874. The standard InChI is InChI=1S/C5H10N4.3ClH/c1-4-3-7-5(8-6)9(4)2;;;/h3H,6H2,1-2H3,(H,7,8);3*1H. The van der Waals surface area contributed by atoms with Crippen molar-refractivity contribution >= 4 is 43.2 Å². The molecule has 0 unspecified atom stereocenters. The van der Waals surface area contributed by atoms with Gasteiger partial charge in [-0.2, -0.15) is 0 Å². The van der Waals surface area contributed by atoms with Crippen molar-refractivity contribution in [3.05, 3.63) is 11.9 Å².